The van der Waals surface area contributed by atoms with Gasteiger partial charge in [-0.25, -0.2) is 4.98 Å². The summed E-state index contributed by atoms with van der Waals surface area (Å²) in [6.45, 7) is 7.52. The van der Waals surface area contributed by atoms with Gasteiger partial charge in [0.15, 0.2) is 0 Å². The monoisotopic (exact) mass is 425 g/mol. The van der Waals surface area contributed by atoms with Crippen LogP contribution >= 0.6 is 11.8 Å². The minimum absolute atomic E-state index is 0.931. The highest BCUT2D eigenvalue weighted by Gasteiger charge is 2.16. The zero-order valence-electron chi connectivity index (χ0n) is 18.8. The minimum Gasteiger partial charge on any atom is -0.496 e. The van der Waals surface area contributed by atoms with Crippen molar-refractivity contribution in [1.82, 2.24) is 9.38 Å². The van der Waals surface area contributed by atoms with Crippen molar-refractivity contribution < 1.29 is 4.74 Å². The quantitative estimate of drug-likeness (QED) is 0.246. The van der Waals surface area contributed by atoms with E-state index in [0.717, 1.165) is 53.6 Å². The molecular weight excluding hydrogens is 390 g/mol. The number of methoxy groups -OCH3 is 1. The van der Waals surface area contributed by atoms with E-state index in [2.05, 4.69) is 67.0 Å². The number of aromatic nitrogens is 2. The Labute approximate surface area is 185 Å². The number of pyridine rings is 1. The first-order valence-corrected chi connectivity index (χ1v) is 12.2. The Morgan fingerprint density at radius 3 is 2.63 bits per heavy atom. The van der Waals surface area contributed by atoms with Crippen molar-refractivity contribution in [2.24, 2.45) is 0 Å². The second kappa shape index (κ2) is 11.3. The largest absolute Gasteiger partial charge is 0.496 e. The maximum Gasteiger partial charge on any atom is 0.139 e. The van der Waals surface area contributed by atoms with Gasteiger partial charge >= 0.3 is 0 Å². The van der Waals surface area contributed by atoms with Crippen molar-refractivity contribution in [2.75, 3.05) is 24.7 Å². The molecule has 2 heterocycles. The molecule has 2 aromatic heterocycles. The van der Waals surface area contributed by atoms with Crippen molar-refractivity contribution in [3.05, 3.63) is 42.1 Å². The number of ether oxygens (including phenoxy) is 1. The summed E-state index contributed by atoms with van der Waals surface area (Å²) in [5.74, 6) is 3.12. The number of thioether (sulfide) groups is 1. The van der Waals surface area contributed by atoms with E-state index in [1.165, 1.54) is 36.1 Å². The van der Waals surface area contributed by atoms with Gasteiger partial charge in [-0.15, -0.1) is 11.8 Å². The van der Waals surface area contributed by atoms with Gasteiger partial charge in [-0.05, 0) is 49.3 Å². The summed E-state index contributed by atoms with van der Waals surface area (Å²) >= 11 is 1.89. The average Bonchev–Trinajstić information content (AvgIpc) is 3.11. The van der Waals surface area contributed by atoms with Crippen LogP contribution in [0.3, 0.4) is 0 Å². The summed E-state index contributed by atoms with van der Waals surface area (Å²) in [6.07, 6.45) is 9.59. The third-order valence-corrected chi connectivity index (χ3v) is 6.42. The van der Waals surface area contributed by atoms with Gasteiger partial charge in [0.25, 0.3) is 0 Å². The number of benzene rings is 1. The van der Waals surface area contributed by atoms with Crippen molar-refractivity contribution in [3.63, 3.8) is 0 Å². The molecule has 0 aliphatic heterocycles. The van der Waals surface area contributed by atoms with Gasteiger partial charge in [0.1, 0.15) is 22.9 Å². The van der Waals surface area contributed by atoms with Gasteiger partial charge in [0.2, 0.25) is 0 Å². The molecule has 1 N–H and O–H groups in total. The average molecular weight is 426 g/mol. The molecule has 4 nitrogen and oxygen atoms in total. The number of fused-ring (bicyclic) bond motifs is 1. The lowest BCUT2D eigenvalue weighted by Gasteiger charge is -2.12. The Bertz CT molecular complexity index is 951. The SMILES string of the molecule is CCCCCCSc1ccc(-c2nc3ccc(C)cn3c2NCCCC)cc1OC. The van der Waals surface area contributed by atoms with Crippen molar-refractivity contribution in [2.45, 2.75) is 64.2 Å². The molecule has 3 rings (SSSR count). The highest BCUT2D eigenvalue weighted by molar-refractivity contribution is 7.99. The Morgan fingerprint density at radius 1 is 1.03 bits per heavy atom. The van der Waals surface area contributed by atoms with Crippen LogP contribution in [0.25, 0.3) is 16.9 Å². The van der Waals surface area contributed by atoms with Crippen LogP contribution < -0.4 is 10.1 Å². The molecule has 162 valence electrons. The Hall–Kier alpha value is -2.14. The summed E-state index contributed by atoms with van der Waals surface area (Å²) < 4.78 is 7.91. The molecule has 0 atom stereocenters. The third-order valence-electron chi connectivity index (χ3n) is 5.28. The second-order valence-corrected chi connectivity index (χ2v) is 8.94. The highest BCUT2D eigenvalue weighted by Crippen LogP contribution is 2.36. The molecule has 0 saturated heterocycles. The fraction of sp³-hybridized carbons (Fsp3) is 0.480. The van der Waals surface area contributed by atoms with Gasteiger partial charge in [0.05, 0.1) is 7.11 Å². The Morgan fingerprint density at radius 2 is 1.87 bits per heavy atom. The van der Waals surface area contributed by atoms with Crippen LogP contribution in [0.2, 0.25) is 0 Å². The summed E-state index contributed by atoms with van der Waals surface area (Å²) in [5, 5.41) is 3.62. The molecule has 5 heteroatoms. The van der Waals surface area contributed by atoms with Gasteiger partial charge in [0, 0.05) is 23.2 Å². The van der Waals surface area contributed by atoms with E-state index < -0.39 is 0 Å². The van der Waals surface area contributed by atoms with Crippen molar-refractivity contribution in [3.8, 4) is 17.0 Å². The van der Waals surface area contributed by atoms with Crippen LogP contribution in [0.5, 0.6) is 5.75 Å². The lowest BCUT2D eigenvalue weighted by atomic mass is 10.1. The zero-order chi connectivity index (χ0) is 21.3. The topological polar surface area (TPSA) is 38.6 Å². The predicted octanol–water partition coefficient (Wildman–Crippen LogP) is 7.20. The van der Waals surface area contributed by atoms with Crippen LogP contribution in [0.4, 0.5) is 5.82 Å². The van der Waals surface area contributed by atoms with E-state index in [0.29, 0.717) is 0 Å². The first-order valence-electron chi connectivity index (χ1n) is 11.2. The number of anilines is 1. The molecule has 0 aliphatic carbocycles. The normalized spacial score (nSPS) is 11.2. The van der Waals surface area contributed by atoms with E-state index in [1.54, 1.807) is 7.11 Å². The van der Waals surface area contributed by atoms with Crippen LogP contribution in [0, 0.1) is 6.92 Å². The fourth-order valence-electron chi connectivity index (χ4n) is 3.55. The number of rotatable bonds is 12. The predicted molar refractivity (Wildman–Crippen MR) is 130 cm³/mol. The third kappa shape index (κ3) is 5.51. The molecule has 0 fully saturated rings. The Balaban J connectivity index is 1.89. The fourth-order valence-corrected chi connectivity index (χ4v) is 4.57. The van der Waals surface area contributed by atoms with Crippen molar-refractivity contribution >= 4 is 23.2 Å². The smallest absolute Gasteiger partial charge is 0.139 e. The number of nitrogens with zero attached hydrogens (tertiary/aromatic N) is 2. The molecule has 0 aliphatic rings. The first-order chi connectivity index (χ1) is 14.7. The Kier molecular flexibility index (Phi) is 8.50. The lowest BCUT2D eigenvalue weighted by Crippen LogP contribution is -2.05. The molecule has 1 aromatic carbocycles. The number of aryl methyl sites for hydroxylation is 1. The van der Waals surface area contributed by atoms with Crippen LogP contribution in [0.1, 0.15) is 57.9 Å². The number of hydrogen-bond acceptors (Lipinski definition) is 4. The standard InChI is InChI=1S/C25H35N3OS/c1-5-7-9-10-16-30-22-13-12-20(17-21(22)29-4)24-25(26-15-8-6-2)28-18-19(3)11-14-23(28)27-24/h11-14,17-18,26H,5-10,15-16H2,1-4H3. The number of nitrogens with one attached hydrogen (secondary N) is 1. The van der Waals surface area contributed by atoms with E-state index in [1.807, 2.05) is 11.8 Å². The minimum atomic E-state index is 0.931. The van der Waals surface area contributed by atoms with E-state index >= 15 is 0 Å². The van der Waals surface area contributed by atoms with E-state index in [-0.39, 0.29) is 0 Å². The molecule has 0 bridgehead atoms. The van der Waals surface area contributed by atoms with Crippen LogP contribution in [-0.4, -0.2) is 28.8 Å². The summed E-state index contributed by atoms with van der Waals surface area (Å²) in [6, 6.07) is 10.7. The second-order valence-electron chi connectivity index (χ2n) is 7.80. The summed E-state index contributed by atoms with van der Waals surface area (Å²) in [7, 11) is 1.76. The molecule has 0 unspecified atom stereocenters. The van der Waals surface area contributed by atoms with E-state index in [9.17, 15) is 0 Å². The first kappa shape index (κ1) is 22.5. The highest BCUT2D eigenvalue weighted by atomic mass is 32.2. The molecule has 30 heavy (non-hydrogen) atoms. The molecule has 0 radical (unpaired) electrons. The maximum absolute atomic E-state index is 5.74. The molecular formula is C25H35N3OS. The molecule has 0 spiro atoms. The van der Waals surface area contributed by atoms with Gasteiger partial charge < -0.3 is 10.1 Å². The van der Waals surface area contributed by atoms with Crippen molar-refractivity contribution in [1.29, 1.82) is 0 Å². The number of hydrogen-bond donors (Lipinski definition) is 1. The maximum atomic E-state index is 5.74. The van der Waals surface area contributed by atoms with Crippen LogP contribution in [0.15, 0.2) is 41.4 Å². The number of imidazole rings is 1. The molecule has 3 aromatic rings. The van der Waals surface area contributed by atoms with Gasteiger partial charge in [-0.3, -0.25) is 4.40 Å². The zero-order valence-corrected chi connectivity index (χ0v) is 19.6. The number of unbranched alkanes of at least 4 members (excludes halogenated alkanes) is 4. The van der Waals surface area contributed by atoms with Gasteiger partial charge in [-0.2, -0.15) is 0 Å². The van der Waals surface area contributed by atoms with Crippen LogP contribution in [-0.2, 0) is 0 Å². The molecule has 0 amide bonds. The van der Waals surface area contributed by atoms with E-state index in [4.69, 9.17) is 9.72 Å². The lowest BCUT2D eigenvalue weighted by molar-refractivity contribution is 0.405. The van der Waals surface area contributed by atoms with Gasteiger partial charge in [-0.1, -0.05) is 51.7 Å². The molecule has 0 saturated carbocycles. The summed E-state index contributed by atoms with van der Waals surface area (Å²) in [5.41, 5.74) is 4.25. The summed E-state index contributed by atoms with van der Waals surface area (Å²) in [4.78, 5) is 6.15.